The smallest absolute Gasteiger partial charge is 0.251 e. The van der Waals surface area contributed by atoms with Crippen LogP contribution in [0.4, 0.5) is 10.1 Å². The Balaban J connectivity index is 2.75. The van der Waals surface area contributed by atoms with Crippen LogP contribution in [0.25, 0.3) is 0 Å². The topological polar surface area (TPSA) is 78.4 Å². The monoisotopic (exact) mass is 338 g/mol. The van der Waals surface area contributed by atoms with Crippen molar-refractivity contribution in [3.8, 4) is 0 Å². The van der Waals surface area contributed by atoms with Crippen molar-refractivity contribution in [2.45, 2.75) is 46.6 Å². The first-order valence-corrected chi connectivity index (χ1v) is 8.24. The van der Waals surface area contributed by atoms with Gasteiger partial charge in [-0.25, -0.2) is 4.39 Å². The van der Waals surface area contributed by atoms with Crippen molar-refractivity contribution in [1.82, 2.24) is 5.32 Å². The standard InChI is InChI=1S/C18H27FN2O3/c1-11(2)7-14(10-22)20-18(24)13-5-6-16(15(19)9-13)21-17(23)8-12(3)4/h5-6,9,11-12,14,22H,7-8,10H2,1-4H3,(H,20,24)(H,21,23). The van der Waals surface area contributed by atoms with Crippen molar-refractivity contribution in [2.24, 2.45) is 11.8 Å². The van der Waals surface area contributed by atoms with Crippen molar-refractivity contribution in [2.75, 3.05) is 11.9 Å². The molecule has 0 aliphatic rings. The number of anilines is 1. The number of aliphatic hydroxyl groups excluding tert-OH is 1. The maximum Gasteiger partial charge on any atom is 0.251 e. The second-order valence-corrected chi connectivity index (χ2v) is 6.82. The lowest BCUT2D eigenvalue weighted by Crippen LogP contribution is -2.38. The van der Waals surface area contributed by atoms with Crippen LogP contribution in [0.2, 0.25) is 0 Å². The molecule has 3 N–H and O–H groups in total. The van der Waals surface area contributed by atoms with E-state index in [4.69, 9.17) is 0 Å². The van der Waals surface area contributed by atoms with Crippen LogP contribution in [0.3, 0.4) is 0 Å². The third-order valence-corrected chi connectivity index (χ3v) is 3.41. The zero-order valence-electron chi connectivity index (χ0n) is 14.7. The van der Waals surface area contributed by atoms with E-state index in [1.54, 1.807) is 0 Å². The van der Waals surface area contributed by atoms with E-state index in [2.05, 4.69) is 10.6 Å². The van der Waals surface area contributed by atoms with Gasteiger partial charge in [-0.2, -0.15) is 0 Å². The van der Waals surface area contributed by atoms with Gasteiger partial charge in [-0.1, -0.05) is 27.7 Å². The Labute approximate surface area is 142 Å². The molecule has 2 amide bonds. The van der Waals surface area contributed by atoms with E-state index >= 15 is 0 Å². The lowest BCUT2D eigenvalue weighted by Gasteiger charge is -2.18. The Morgan fingerprint density at radius 2 is 1.83 bits per heavy atom. The number of amides is 2. The van der Waals surface area contributed by atoms with E-state index in [1.807, 2.05) is 27.7 Å². The summed E-state index contributed by atoms with van der Waals surface area (Å²) in [5, 5.41) is 14.5. The van der Waals surface area contributed by atoms with Gasteiger partial charge >= 0.3 is 0 Å². The lowest BCUT2D eigenvalue weighted by atomic mass is 10.0. The van der Waals surface area contributed by atoms with Gasteiger partial charge in [-0.3, -0.25) is 9.59 Å². The summed E-state index contributed by atoms with van der Waals surface area (Å²) in [6.07, 6.45) is 0.934. The van der Waals surface area contributed by atoms with Crippen LogP contribution in [0.1, 0.15) is 50.9 Å². The van der Waals surface area contributed by atoms with Gasteiger partial charge in [-0.05, 0) is 36.5 Å². The molecule has 1 atom stereocenters. The van der Waals surface area contributed by atoms with Gasteiger partial charge in [-0.15, -0.1) is 0 Å². The number of benzene rings is 1. The van der Waals surface area contributed by atoms with Crippen molar-refractivity contribution < 1.29 is 19.1 Å². The van der Waals surface area contributed by atoms with Crippen molar-refractivity contribution in [3.05, 3.63) is 29.6 Å². The third kappa shape index (κ3) is 6.66. The van der Waals surface area contributed by atoms with E-state index in [9.17, 15) is 19.1 Å². The van der Waals surface area contributed by atoms with Crippen molar-refractivity contribution >= 4 is 17.5 Å². The van der Waals surface area contributed by atoms with Gasteiger partial charge in [0.2, 0.25) is 5.91 Å². The Bertz CT molecular complexity index is 573. The highest BCUT2D eigenvalue weighted by molar-refractivity contribution is 5.96. The van der Waals surface area contributed by atoms with Crippen LogP contribution in [-0.2, 0) is 4.79 Å². The van der Waals surface area contributed by atoms with Crippen molar-refractivity contribution in [3.63, 3.8) is 0 Å². The molecular weight excluding hydrogens is 311 g/mol. The average molecular weight is 338 g/mol. The number of nitrogens with one attached hydrogen (secondary N) is 2. The summed E-state index contributed by atoms with van der Waals surface area (Å²) in [5.74, 6) is -0.886. The quantitative estimate of drug-likeness (QED) is 0.682. The normalized spacial score (nSPS) is 12.3. The predicted molar refractivity (Wildman–Crippen MR) is 92.3 cm³/mol. The zero-order valence-corrected chi connectivity index (χ0v) is 14.7. The molecule has 5 nitrogen and oxygen atoms in total. The van der Waals surface area contributed by atoms with E-state index < -0.39 is 11.7 Å². The molecule has 1 rings (SSSR count). The molecule has 0 saturated carbocycles. The van der Waals surface area contributed by atoms with E-state index in [1.165, 1.54) is 12.1 Å². The molecule has 0 aromatic heterocycles. The second-order valence-electron chi connectivity index (χ2n) is 6.82. The molecule has 1 aromatic rings. The molecule has 134 valence electrons. The highest BCUT2D eigenvalue weighted by Gasteiger charge is 2.16. The fourth-order valence-corrected chi connectivity index (χ4v) is 2.35. The summed E-state index contributed by atoms with van der Waals surface area (Å²) in [7, 11) is 0. The summed E-state index contributed by atoms with van der Waals surface area (Å²) in [5.41, 5.74) is 0.203. The summed E-state index contributed by atoms with van der Waals surface area (Å²) in [4.78, 5) is 23.8. The molecule has 0 aliphatic carbocycles. The predicted octanol–water partition coefficient (Wildman–Crippen LogP) is 2.95. The molecule has 0 bridgehead atoms. The summed E-state index contributed by atoms with van der Waals surface area (Å²) in [6.45, 7) is 7.61. The highest BCUT2D eigenvalue weighted by atomic mass is 19.1. The molecular formula is C18H27FN2O3. The van der Waals surface area contributed by atoms with Crippen LogP contribution >= 0.6 is 0 Å². The molecule has 0 saturated heterocycles. The summed E-state index contributed by atoms with van der Waals surface area (Å²) >= 11 is 0. The van der Waals surface area contributed by atoms with Gasteiger partial charge in [0.1, 0.15) is 5.82 Å². The Kier molecular flexibility index (Phi) is 7.85. The molecule has 6 heteroatoms. The van der Waals surface area contributed by atoms with Crippen LogP contribution in [0, 0.1) is 17.7 Å². The molecule has 0 aliphatic heterocycles. The number of carbonyl (C=O) groups excluding carboxylic acids is 2. The maximum atomic E-state index is 14.1. The minimum atomic E-state index is -0.663. The number of aliphatic hydroxyl groups is 1. The number of carbonyl (C=O) groups is 2. The minimum Gasteiger partial charge on any atom is -0.394 e. The van der Waals surface area contributed by atoms with E-state index in [-0.39, 0.29) is 35.7 Å². The molecule has 1 aromatic carbocycles. The molecule has 24 heavy (non-hydrogen) atoms. The number of hydrogen-bond donors (Lipinski definition) is 3. The van der Waals surface area contributed by atoms with E-state index in [0.29, 0.717) is 18.8 Å². The molecule has 0 spiro atoms. The fraction of sp³-hybridized carbons (Fsp3) is 0.556. The van der Waals surface area contributed by atoms with E-state index in [0.717, 1.165) is 6.07 Å². The second kappa shape index (κ2) is 9.37. The average Bonchev–Trinajstić information content (AvgIpc) is 2.47. The molecule has 1 unspecified atom stereocenters. The van der Waals surface area contributed by atoms with Gasteiger partial charge in [0.05, 0.1) is 18.3 Å². The van der Waals surface area contributed by atoms with Crippen LogP contribution in [-0.4, -0.2) is 29.6 Å². The Morgan fingerprint density at radius 3 is 2.33 bits per heavy atom. The molecule has 0 fully saturated rings. The number of halogens is 1. The molecule has 0 heterocycles. The van der Waals surface area contributed by atoms with Gasteiger partial charge in [0.25, 0.3) is 5.91 Å². The first-order valence-electron chi connectivity index (χ1n) is 8.24. The Hall–Kier alpha value is -1.95. The first-order chi connectivity index (χ1) is 11.2. The minimum absolute atomic E-state index is 0.0538. The Morgan fingerprint density at radius 1 is 1.17 bits per heavy atom. The first kappa shape index (κ1) is 20.1. The SMILES string of the molecule is CC(C)CC(=O)Nc1ccc(C(=O)NC(CO)CC(C)C)cc1F. The number of hydrogen-bond acceptors (Lipinski definition) is 3. The van der Waals surface area contributed by atoms with Crippen LogP contribution in [0.5, 0.6) is 0 Å². The van der Waals surface area contributed by atoms with Gasteiger partial charge < -0.3 is 15.7 Å². The molecule has 0 radical (unpaired) electrons. The zero-order chi connectivity index (χ0) is 18.3. The van der Waals surface area contributed by atoms with Crippen LogP contribution < -0.4 is 10.6 Å². The van der Waals surface area contributed by atoms with Crippen LogP contribution in [0.15, 0.2) is 18.2 Å². The summed E-state index contributed by atoms with van der Waals surface area (Å²) in [6, 6.07) is 3.54. The third-order valence-electron chi connectivity index (χ3n) is 3.41. The summed E-state index contributed by atoms with van der Waals surface area (Å²) < 4.78 is 14.1. The maximum absolute atomic E-state index is 14.1. The number of rotatable bonds is 8. The lowest BCUT2D eigenvalue weighted by molar-refractivity contribution is -0.116. The van der Waals surface area contributed by atoms with Gasteiger partial charge in [0, 0.05) is 12.0 Å². The van der Waals surface area contributed by atoms with Crippen molar-refractivity contribution in [1.29, 1.82) is 0 Å². The highest BCUT2D eigenvalue weighted by Crippen LogP contribution is 2.17. The fourth-order valence-electron chi connectivity index (χ4n) is 2.35. The largest absolute Gasteiger partial charge is 0.394 e. The van der Waals surface area contributed by atoms with Gasteiger partial charge in [0.15, 0.2) is 0 Å².